The molecule has 0 aliphatic carbocycles. The zero-order valence-corrected chi connectivity index (χ0v) is 14.7. The van der Waals surface area contributed by atoms with Crippen LogP contribution in [0.4, 0.5) is 0 Å². The lowest BCUT2D eigenvalue weighted by atomic mass is 10.1. The summed E-state index contributed by atoms with van der Waals surface area (Å²) in [7, 11) is -3.44. The van der Waals surface area contributed by atoms with E-state index in [-0.39, 0.29) is 6.04 Å². The fourth-order valence-corrected chi connectivity index (χ4v) is 4.54. The maximum Gasteiger partial charge on any atom is 0.240 e. The molecule has 0 amide bonds. The van der Waals surface area contributed by atoms with Crippen molar-refractivity contribution in [3.05, 3.63) is 40.4 Å². The van der Waals surface area contributed by atoms with Crippen molar-refractivity contribution in [3.8, 4) is 0 Å². The molecular weight excluding hydrogens is 356 g/mol. The van der Waals surface area contributed by atoms with Gasteiger partial charge in [0, 0.05) is 37.2 Å². The maximum atomic E-state index is 12.3. The van der Waals surface area contributed by atoms with Crippen molar-refractivity contribution in [1.29, 1.82) is 0 Å². The first-order chi connectivity index (χ1) is 11.0. The number of piperidine rings is 1. The molecule has 23 heavy (non-hydrogen) atoms. The topological polar surface area (TPSA) is 75.2 Å². The van der Waals surface area contributed by atoms with Gasteiger partial charge in [-0.1, -0.05) is 34.3 Å². The van der Waals surface area contributed by atoms with Crippen molar-refractivity contribution in [3.63, 3.8) is 0 Å². The van der Waals surface area contributed by atoms with E-state index in [0.717, 1.165) is 31.6 Å². The van der Waals surface area contributed by atoms with Gasteiger partial charge in [0.05, 0.1) is 4.90 Å². The molecular formula is C14H17ClN4O2S2. The predicted molar refractivity (Wildman–Crippen MR) is 90.0 cm³/mol. The molecule has 1 aliphatic rings. The summed E-state index contributed by atoms with van der Waals surface area (Å²) in [5.41, 5.74) is 0.792. The molecule has 2 heterocycles. The van der Waals surface area contributed by atoms with Gasteiger partial charge in [0.2, 0.25) is 10.0 Å². The van der Waals surface area contributed by atoms with E-state index in [1.807, 2.05) is 0 Å². The van der Waals surface area contributed by atoms with Crippen LogP contribution in [-0.2, 0) is 16.6 Å². The Hall–Kier alpha value is -1.06. The average molecular weight is 373 g/mol. The molecule has 1 N–H and O–H groups in total. The maximum absolute atomic E-state index is 12.3. The second-order valence-electron chi connectivity index (χ2n) is 5.48. The van der Waals surface area contributed by atoms with Crippen molar-refractivity contribution in [2.24, 2.45) is 0 Å². The molecule has 6 nitrogen and oxygen atoms in total. The highest BCUT2D eigenvalue weighted by Crippen LogP contribution is 2.21. The van der Waals surface area contributed by atoms with E-state index in [4.69, 9.17) is 11.6 Å². The van der Waals surface area contributed by atoms with Crippen LogP contribution in [0.25, 0.3) is 0 Å². The Morgan fingerprint density at radius 1 is 1.26 bits per heavy atom. The minimum Gasteiger partial charge on any atom is -0.297 e. The molecule has 0 atom stereocenters. The highest BCUT2D eigenvalue weighted by atomic mass is 35.5. The van der Waals surface area contributed by atoms with E-state index in [1.54, 1.807) is 30.3 Å². The second kappa shape index (κ2) is 7.23. The lowest BCUT2D eigenvalue weighted by Crippen LogP contribution is -2.44. The minimum absolute atomic E-state index is 0.0412. The summed E-state index contributed by atoms with van der Waals surface area (Å²) >= 11 is 7.20. The summed E-state index contributed by atoms with van der Waals surface area (Å²) < 4.78 is 31.9. The van der Waals surface area contributed by atoms with Crippen LogP contribution in [0.3, 0.4) is 0 Å². The van der Waals surface area contributed by atoms with Crippen molar-refractivity contribution >= 4 is 33.2 Å². The van der Waals surface area contributed by atoms with Crippen molar-refractivity contribution in [2.45, 2.75) is 30.3 Å². The van der Waals surface area contributed by atoms with Crippen LogP contribution in [-0.4, -0.2) is 42.0 Å². The molecule has 1 saturated heterocycles. The number of nitrogens with one attached hydrogen (secondary N) is 1. The van der Waals surface area contributed by atoms with E-state index < -0.39 is 10.0 Å². The number of hydrogen-bond donors (Lipinski definition) is 1. The predicted octanol–water partition coefficient (Wildman–Crippen LogP) is 2.13. The summed E-state index contributed by atoms with van der Waals surface area (Å²) in [5.74, 6) is 0. The summed E-state index contributed by atoms with van der Waals surface area (Å²) in [6.07, 6.45) is 1.53. The SMILES string of the molecule is O=S(=O)(NC1CCN(Cc2nnsc2Cl)CC1)c1ccccc1. The second-order valence-corrected chi connectivity index (χ2v) is 8.55. The van der Waals surface area contributed by atoms with E-state index in [0.29, 0.717) is 15.8 Å². The van der Waals surface area contributed by atoms with Crippen LogP contribution < -0.4 is 4.72 Å². The van der Waals surface area contributed by atoms with Crippen LogP contribution in [0.15, 0.2) is 35.2 Å². The Labute approximate surface area is 144 Å². The molecule has 0 saturated carbocycles. The number of hydrogen-bond acceptors (Lipinski definition) is 6. The van der Waals surface area contributed by atoms with Crippen LogP contribution in [0, 0.1) is 0 Å². The van der Waals surface area contributed by atoms with E-state index >= 15 is 0 Å². The Bertz CT molecular complexity index is 743. The van der Waals surface area contributed by atoms with Crippen molar-refractivity contribution < 1.29 is 8.42 Å². The molecule has 1 aliphatic heterocycles. The first kappa shape index (κ1) is 16.8. The molecule has 0 unspecified atom stereocenters. The number of sulfonamides is 1. The smallest absolute Gasteiger partial charge is 0.240 e. The average Bonchev–Trinajstić information content (AvgIpc) is 2.95. The minimum atomic E-state index is -3.44. The molecule has 0 bridgehead atoms. The monoisotopic (exact) mass is 372 g/mol. The van der Waals surface area contributed by atoms with Crippen molar-refractivity contribution in [1.82, 2.24) is 19.2 Å². The third-order valence-corrected chi connectivity index (χ3v) is 6.37. The zero-order chi connectivity index (χ0) is 16.3. The van der Waals surface area contributed by atoms with Crippen LogP contribution >= 0.6 is 23.1 Å². The van der Waals surface area contributed by atoms with Gasteiger partial charge in [0.25, 0.3) is 0 Å². The first-order valence-electron chi connectivity index (χ1n) is 7.31. The fourth-order valence-electron chi connectivity index (χ4n) is 2.60. The van der Waals surface area contributed by atoms with E-state index in [2.05, 4.69) is 19.2 Å². The summed E-state index contributed by atoms with van der Waals surface area (Å²) in [4.78, 5) is 2.53. The Morgan fingerprint density at radius 2 is 1.96 bits per heavy atom. The number of rotatable bonds is 5. The Morgan fingerprint density at radius 3 is 2.57 bits per heavy atom. The summed E-state index contributed by atoms with van der Waals surface area (Å²) in [5, 5.41) is 4.01. The van der Waals surface area contributed by atoms with Gasteiger partial charge in [-0.05, 0) is 25.0 Å². The normalized spacial score (nSPS) is 17.4. The molecule has 1 aromatic carbocycles. The van der Waals surface area contributed by atoms with Gasteiger partial charge in [0.15, 0.2) is 0 Å². The highest BCUT2D eigenvalue weighted by molar-refractivity contribution is 7.89. The zero-order valence-electron chi connectivity index (χ0n) is 12.4. The van der Waals surface area contributed by atoms with Gasteiger partial charge in [0.1, 0.15) is 10.0 Å². The molecule has 1 aromatic heterocycles. The van der Waals surface area contributed by atoms with E-state index in [1.165, 1.54) is 11.5 Å². The van der Waals surface area contributed by atoms with Gasteiger partial charge in [-0.15, -0.1) is 5.10 Å². The quantitative estimate of drug-likeness (QED) is 0.870. The molecule has 124 valence electrons. The lowest BCUT2D eigenvalue weighted by Gasteiger charge is -2.31. The Balaban J connectivity index is 1.54. The van der Waals surface area contributed by atoms with Gasteiger partial charge in [-0.25, -0.2) is 13.1 Å². The molecule has 0 spiro atoms. The van der Waals surface area contributed by atoms with E-state index in [9.17, 15) is 8.42 Å². The molecule has 1 fully saturated rings. The van der Waals surface area contributed by atoms with Gasteiger partial charge in [-0.2, -0.15) is 0 Å². The number of nitrogens with zero attached hydrogens (tertiary/aromatic N) is 3. The molecule has 0 radical (unpaired) electrons. The lowest BCUT2D eigenvalue weighted by molar-refractivity contribution is 0.198. The summed E-state index contributed by atoms with van der Waals surface area (Å²) in [6, 6.07) is 8.42. The number of halogens is 1. The van der Waals surface area contributed by atoms with Gasteiger partial charge in [-0.3, -0.25) is 4.90 Å². The Kier molecular flexibility index (Phi) is 5.27. The summed E-state index contributed by atoms with van der Waals surface area (Å²) in [6.45, 7) is 2.26. The number of likely N-dealkylation sites (tertiary alicyclic amines) is 1. The highest BCUT2D eigenvalue weighted by Gasteiger charge is 2.25. The van der Waals surface area contributed by atoms with Crippen LogP contribution in [0.5, 0.6) is 0 Å². The molecule has 9 heteroatoms. The standard InChI is InChI=1S/C14H17ClN4O2S2/c15-14-13(16-18-22-14)10-19-8-6-11(7-9-19)17-23(20,21)12-4-2-1-3-5-12/h1-5,11,17H,6-10H2. The number of benzene rings is 1. The molecule has 3 rings (SSSR count). The molecule has 2 aromatic rings. The fraction of sp³-hybridized carbons (Fsp3) is 0.429. The largest absolute Gasteiger partial charge is 0.297 e. The van der Waals surface area contributed by atoms with Crippen LogP contribution in [0.1, 0.15) is 18.5 Å². The number of aromatic nitrogens is 2. The third-order valence-electron chi connectivity index (χ3n) is 3.85. The van der Waals surface area contributed by atoms with Crippen LogP contribution in [0.2, 0.25) is 4.34 Å². The first-order valence-corrected chi connectivity index (χ1v) is 9.94. The van der Waals surface area contributed by atoms with Gasteiger partial charge >= 0.3 is 0 Å². The van der Waals surface area contributed by atoms with Gasteiger partial charge < -0.3 is 0 Å². The van der Waals surface area contributed by atoms with Crippen molar-refractivity contribution in [2.75, 3.05) is 13.1 Å². The third kappa shape index (κ3) is 4.27.